The lowest BCUT2D eigenvalue weighted by atomic mass is 10.1. The highest BCUT2D eigenvalue weighted by Gasteiger charge is 2.21. The minimum Gasteiger partial charge on any atom is -0.444 e. The van der Waals surface area contributed by atoms with Crippen molar-refractivity contribution in [3.05, 3.63) is 0 Å². The van der Waals surface area contributed by atoms with Crippen molar-refractivity contribution in [1.29, 1.82) is 0 Å². The van der Waals surface area contributed by atoms with Crippen LogP contribution in [0.1, 0.15) is 55.4 Å². The zero-order valence-electron chi connectivity index (χ0n) is 15.4. The summed E-state index contributed by atoms with van der Waals surface area (Å²) >= 11 is 0. The number of carbonyl (C=O) groups is 1. The fourth-order valence-corrected chi connectivity index (χ4v) is 1.67. The van der Waals surface area contributed by atoms with Gasteiger partial charge in [0.25, 0.3) is 0 Å². The first-order valence-electron chi connectivity index (χ1n) is 8.09. The lowest BCUT2D eigenvalue weighted by Crippen LogP contribution is -2.45. The zero-order chi connectivity index (χ0) is 17.3. The molecular weight excluding hydrogens is 280 g/mol. The number of nitrogens with zero attached hydrogens (tertiary/aromatic N) is 1. The zero-order valence-corrected chi connectivity index (χ0v) is 15.4. The number of alkyl carbamates (subject to hydrolysis) is 1. The number of ether oxygens (including phenoxy) is 1. The molecule has 6 nitrogen and oxygen atoms in total. The smallest absolute Gasteiger partial charge is 0.407 e. The Hall–Kier alpha value is -1.46. The van der Waals surface area contributed by atoms with Gasteiger partial charge in [-0.2, -0.15) is 0 Å². The second-order valence-electron chi connectivity index (χ2n) is 7.02. The molecule has 0 aliphatic heterocycles. The Morgan fingerprint density at radius 2 is 1.73 bits per heavy atom. The quantitative estimate of drug-likeness (QED) is 0.520. The molecule has 1 atom stereocenters. The van der Waals surface area contributed by atoms with Crippen molar-refractivity contribution in [2.45, 2.75) is 73.1 Å². The van der Waals surface area contributed by atoms with Crippen LogP contribution >= 0.6 is 0 Å². The van der Waals surface area contributed by atoms with E-state index in [0.29, 0.717) is 12.6 Å². The van der Waals surface area contributed by atoms with E-state index in [9.17, 15) is 4.79 Å². The van der Waals surface area contributed by atoms with Gasteiger partial charge in [-0.05, 0) is 47.5 Å². The largest absolute Gasteiger partial charge is 0.444 e. The van der Waals surface area contributed by atoms with E-state index >= 15 is 0 Å². The Kier molecular flexibility index (Phi) is 8.90. The van der Waals surface area contributed by atoms with Crippen LogP contribution in [0.4, 0.5) is 4.79 Å². The van der Waals surface area contributed by atoms with Gasteiger partial charge in [0.1, 0.15) is 5.60 Å². The average molecular weight is 314 g/mol. The molecule has 0 aromatic carbocycles. The topological polar surface area (TPSA) is 74.8 Å². The molecule has 6 heteroatoms. The van der Waals surface area contributed by atoms with Gasteiger partial charge in [0.05, 0.1) is 12.6 Å². The number of amides is 1. The van der Waals surface area contributed by atoms with E-state index in [1.165, 1.54) is 0 Å². The number of rotatable bonds is 6. The summed E-state index contributed by atoms with van der Waals surface area (Å²) in [6.45, 7) is 17.1. The lowest BCUT2D eigenvalue weighted by Gasteiger charge is -2.25. The van der Waals surface area contributed by atoms with E-state index in [1.54, 1.807) is 0 Å². The SMILES string of the molecule is CCNC(=NCC(NC(=O)OC(C)(C)C)C(C)C)NC(C)C. The van der Waals surface area contributed by atoms with E-state index < -0.39 is 11.7 Å². The molecule has 0 saturated heterocycles. The number of hydrogen-bond donors (Lipinski definition) is 3. The van der Waals surface area contributed by atoms with Gasteiger partial charge in [-0.1, -0.05) is 13.8 Å². The minimum absolute atomic E-state index is 0.0718. The third-order valence-corrected chi connectivity index (χ3v) is 2.72. The van der Waals surface area contributed by atoms with E-state index in [-0.39, 0.29) is 12.0 Å². The van der Waals surface area contributed by atoms with Crippen LogP contribution in [0, 0.1) is 5.92 Å². The molecule has 0 rings (SSSR count). The average Bonchev–Trinajstić information content (AvgIpc) is 2.31. The molecule has 1 amide bonds. The molecular formula is C16H34N4O2. The first-order valence-corrected chi connectivity index (χ1v) is 8.09. The number of guanidine groups is 1. The van der Waals surface area contributed by atoms with Crippen LogP contribution in [0.2, 0.25) is 0 Å². The summed E-state index contributed by atoms with van der Waals surface area (Å²) in [5.41, 5.74) is -0.497. The second-order valence-corrected chi connectivity index (χ2v) is 7.02. The molecule has 0 aliphatic carbocycles. The molecule has 0 saturated carbocycles. The van der Waals surface area contributed by atoms with Gasteiger partial charge >= 0.3 is 6.09 Å². The van der Waals surface area contributed by atoms with Gasteiger partial charge in [0.15, 0.2) is 5.96 Å². The van der Waals surface area contributed by atoms with Gasteiger partial charge in [-0.15, -0.1) is 0 Å². The molecule has 22 heavy (non-hydrogen) atoms. The number of carbonyl (C=O) groups excluding carboxylic acids is 1. The molecule has 0 aliphatic rings. The van der Waals surface area contributed by atoms with Gasteiger partial charge in [-0.25, -0.2) is 4.79 Å². The summed E-state index contributed by atoms with van der Waals surface area (Å²) in [7, 11) is 0. The number of nitrogens with one attached hydrogen (secondary N) is 3. The lowest BCUT2D eigenvalue weighted by molar-refractivity contribution is 0.0493. The highest BCUT2D eigenvalue weighted by atomic mass is 16.6. The monoisotopic (exact) mass is 314 g/mol. The van der Waals surface area contributed by atoms with E-state index in [2.05, 4.69) is 48.6 Å². The van der Waals surface area contributed by atoms with Crippen molar-refractivity contribution in [2.24, 2.45) is 10.9 Å². The molecule has 0 aromatic heterocycles. The van der Waals surface area contributed by atoms with Crippen LogP contribution < -0.4 is 16.0 Å². The molecule has 0 bridgehead atoms. The van der Waals surface area contributed by atoms with E-state index in [0.717, 1.165) is 12.5 Å². The van der Waals surface area contributed by atoms with Crippen molar-refractivity contribution >= 4 is 12.1 Å². The molecule has 0 spiro atoms. The van der Waals surface area contributed by atoms with Crippen LogP contribution in [-0.2, 0) is 4.74 Å². The normalized spacial score (nSPS) is 14.0. The van der Waals surface area contributed by atoms with Crippen molar-refractivity contribution in [3.8, 4) is 0 Å². The predicted molar refractivity (Wildman–Crippen MR) is 92.2 cm³/mol. The standard InChI is InChI=1S/C16H34N4O2/c1-9-17-14(19-12(4)5)18-10-13(11(2)3)20-15(21)22-16(6,7)8/h11-13H,9-10H2,1-8H3,(H,20,21)(H2,17,18,19). The van der Waals surface area contributed by atoms with Crippen LogP contribution in [-0.4, -0.2) is 42.8 Å². The Morgan fingerprint density at radius 3 is 2.14 bits per heavy atom. The van der Waals surface area contributed by atoms with Gasteiger partial charge in [0, 0.05) is 12.6 Å². The van der Waals surface area contributed by atoms with Crippen LogP contribution in [0.3, 0.4) is 0 Å². The maximum atomic E-state index is 11.9. The highest BCUT2D eigenvalue weighted by Crippen LogP contribution is 2.09. The Bertz CT molecular complexity index is 360. The van der Waals surface area contributed by atoms with Crippen molar-refractivity contribution in [3.63, 3.8) is 0 Å². The summed E-state index contributed by atoms with van der Waals surface area (Å²) in [6, 6.07) is 0.228. The third kappa shape index (κ3) is 10.3. The summed E-state index contributed by atoms with van der Waals surface area (Å²) in [6.07, 6.45) is -0.400. The Balaban J connectivity index is 4.71. The first kappa shape index (κ1) is 20.5. The summed E-state index contributed by atoms with van der Waals surface area (Å²) in [5.74, 6) is 1.02. The van der Waals surface area contributed by atoms with Crippen molar-refractivity contribution in [2.75, 3.05) is 13.1 Å². The van der Waals surface area contributed by atoms with E-state index in [4.69, 9.17) is 4.74 Å². The van der Waals surface area contributed by atoms with E-state index in [1.807, 2.05) is 27.7 Å². The van der Waals surface area contributed by atoms with Crippen LogP contribution in [0.5, 0.6) is 0 Å². The summed E-state index contributed by atoms with van der Waals surface area (Å²) < 4.78 is 5.31. The van der Waals surface area contributed by atoms with Gasteiger partial charge < -0.3 is 20.7 Å². The Labute approximate surface area is 135 Å². The molecule has 0 heterocycles. The predicted octanol–water partition coefficient (Wildman–Crippen LogP) is 2.50. The summed E-state index contributed by atoms with van der Waals surface area (Å²) in [4.78, 5) is 16.5. The van der Waals surface area contributed by atoms with Gasteiger partial charge in [0.2, 0.25) is 0 Å². The van der Waals surface area contributed by atoms with Crippen molar-refractivity contribution < 1.29 is 9.53 Å². The molecule has 3 N–H and O–H groups in total. The third-order valence-electron chi connectivity index (χ3n) is 2.72. The Morgan fingerprint density at radius 1 is 1.14 bits per heavy atom. The molecule has 130 valence electrons. The van der Waals surface area contributed by atoms with Crippen molar-refractivity contribution in [1.82, 2.24) is 16.0 Å². The highest BCUT2D eigenvalue weighted by molar-refractivity contribution is 5.80. The number of hydrogen-bond acceptors (Lipinski definition) is 3. The molecule has 0 aromatic rings. The molecule has 1 unspecified atom stereocenters. The van der Waals surface area contributed by atoms with Gasteiger partial charge in [-0.3, -0.25) is 4.99 Å². The molecule has 0 fully saturated rings. The van der Waals surface area contributed by atoms with Crippen LogP contribution in [0.15, 0.2) is 4.99 Å². The maximum absolute atomic E-state index is 11.9. The van der Waals surface area contributed by atoms with Crippen LogP contribution in [0.25, 0.3) is 0 Å². The number of aliphatic imine (C=N–C) groups is 1. The molecule has 0 radical (unpaired) electrons. The summed E-state index contributed by atoms with van der Waals surface area (Å²) in [5, 5.41) is 9.36. The fraction of sp³-hybridized carbons (Fsp3) is 0.875. The first-order chi connectivity index (χ1) is 10.0. The second kappa shape index (κ2) is 9.54. The fourth-order valence-electron chi connectivity index (χ4n) is 1.67. The maximum Gasteiger partial charge on any atom is 0.407 e. The minimum atomic E-state index is -0.497.